The molecule has 14 heteroatoms. The van der Waals surface area contributed by atoms with Crippen molar-refractivity contribution >= 4 is 65.2 Å². The predicted molar refractivity (Wildman–Crippen MR) is 229 cm³/mol. The van der Waals surface area contributed by atoms with Gasteiger partial charge in [0.25, 0.3) is 5.91 Å². The Labute approximate surface area is 350 Å². The number of rotatable bonds is 10. The summed E-state index contributed by atoms with van der Waals surface area (Å²) in [4.78, 5) is 25.0. The van der Waals surface area contributed by atoms with Crippen molar-refractivity contribution in [3.05, 3.63) is 168 Å². The second kappa shape index (κ2) is 20.1. The van der Waals surface area contributed by atoms with Crippen molar-refractivity contribution in [1.82, 2.24) is 0 Å². The maximum absolute atomic E-state index is 12.8. The Morgan fingerprint density at radius 1 is 0.567 bits per heavy atom. The highest BCUT2D eigenvalue weighted by Gasteiger charge is 2.12. The van der Waals surface area contributed by atoms with Gasteiger partial charge in [0.05, 0.1) is 9.79 Å². The Hall–Kier alpha value is -6.32. The third-order valence-corrected chi connectivity index (χ3v) is 11.2. The zero-order valence-electron chi connectivity index (χ0n) is 33.7. The molecule has 0 bridgehead atoms. The summed E-state index contributed by atoms with van der Waals surface area (Å²) in [5, 5.41) is 8.17. The van der Waals surface area contributed by atoms with Crippen LogP contribution in [0.25, 0.3) is 21.8 Å². The summed E-state index contributed by atoms with van der Waals surface area (Å²) in [6, 6.07) is 39.1. The van der Waals surface area contributed by atoms with Gasteiger partial charge in [-0.15, -0.1) is 0 Å². The van der Waals surface area contributed by atoms with Crippen LogP contribution in [0, 0.1) is 13.8 Å². The standard InChI is InChI=1S/C32H30N4O2.2C7H8O3S/c1-3-35-19-5-7-25-21-27(14-16-29(25)35)33-31(37)18-11-23-9-12-24(13-10-23)32(38)34-28-15-17-30-26(22-28)8-6-20-36(30)4-2;2*1-6-2-4-7(5-3-6)11(8,9)10/h5-10,12-17,19-22H,3-4,11,18H2,1-2H3;2*2-5H,1H3,(H,8,9,10). The molecule has 7 aromatic rings. The number of amides is 2. The Morgan fingerprint density at radius 3 is 1.42 bits per heavy atom. The van der Waals surface area contributed by atoms with E-state index in [0.717, 1.165) is 63.0 Å². The van der Waals surface area contributed by atoms with Crippen LogP contribution in [-0.4, -0.2) is 37.8 Å². The number of nitrogens with one attached hydrogen (secondary N) is 2. The van der Waals surface area contributed by atoms with Gasteiger partial charge in [-0.2, -0.15) is 9.13 Å². The van der Waals surface area contributed by atoms with Crippen LogP contribution in [0.5, 0.6) is 0 Å². The van der Waals surface area contributed by atoms with E-state index >= 15 is 0 Å². The average Bonchev–Trinajstić information content (AvgIpc) is 3.22. The first-order chi connectivity index (χ1) is 28.5. The number of hydrogen-bond acceptors (Lipinski definition) is 8. The van der Waals surface area contributed by atoms with Crippen molar-refractivity contribution in [3.63, 3.8) is 0 Å². The number of nitrogens with zero attached hydrogens (tertiary/aromatic N) is 2. The minimum Gasteiger partial charge on any atom is -0.744 e. The smallest absolute Gasteiger partial charge is 0.255 e. The highest BCUT2D eigenvalue weighted by Crippen LogP contribution is 2.19. The molecular weight excluding hydrogens is 801 g/mol. The van der Waals surface area contributed by atoms with Crippen LogP contribution in [0.2, 0.25) is 0 Å². The molecule has 2 heterocycles. The molecule has 2 aromatic heterocycles. The summed E-state index contributed by atoms with van der Waals surface area (Å²) in [7, 11) is -8.54. The molecule has 0 aliphatic carbocycles. The predicted octanol–water partition coefficient (Wildman–Crippen LogP) is 7.23. The highest BCUT2D eigenvalue weighted by atomic mass is 32.2. The summed E-state index contributed by atoms with van der Waals surface area (Å²) in [5.41, 5.74) is 7.27. The quantitative estimate of drug-likeness (QED) is 0.107. The Kier molecular flexibility index (Phi) is 15.0. The van der Waals surface area contributed by atoms with Crippen molar-refractivity contribution in [2.45, 2.75) is 63.4 Å². The highest BCUT2D eigenvalue weighted by molar-refractivity contribution is 7.86. The molecule has 5 aromatic carbocycles. The molecule has 0 fully saturated rings. The lowest BCUT2D eigenvalue weighted by Gasteiger charge is -2.08. The minimum absolute atomic E-state index is 0.0360. The van der Waals surface area contributed by atoms with Crippen LogP contribution in [0.15, 0.2) is 156 Å². The van der Waals surface area contributed by atoms with Gasteiger partial charge < -0.3 is 19.7 Å². The fourth-order valence-electron chi connectivity index (χ4n) is 6.19. The molecular formula is C46H46N4O8S2. The van der Waals surface area contributed by atoms with Crippen LogP contribution in [0.1, 0.15) is 47.3 Å². The molecule has 0 saturated heterocycles. The summed E-state index contributed by atoms with van der Waals surface area (Å²) < 4.78 is 66.7. The monoisotopic (exact) mass is 846 g/mol. The van der Waals surface area contributed by atoms with Crippen LogP contribution < -0.4 is 19.8 Å². The van der Waals surface area contributed by atoms with Gasteiger partial charge in [-0.25, -0.2) is 16.8 Å². The van der Waals surface area contributed by atoms with Crippen molar-refractivity contribution in [2.24, 2.45) is 0 Å². The van der Waals surface area contributed by atoms with Gasteiger partial charge in [-0.05, 0) is 112 Å². The largest absolute Gasteiger partial charge is 0.744 e. The van der Waals surface area contributed by atoms with Gasteiger partial charge in [-0.1, -0.05) is 47.5 Å². The van der Waals surface area contributed by atoms with E-state index in [-0.39, 0.29) is 21.6 Å². The lowest BCUT2D eigenvalue weighted by Crippen LogP contribution is -2.32. The average molecular weight is 847 g/mol. The fourth-order valence-corrected chi connectivity index (χ4v) is 7.12. The number of aromatic nitrogens is 2. The zero-order chi connectivity index (χ0) is 43.5. The molecule has 12 nitrogen and oxygen atoms in total. The van der Waals surface area contributed by atoms with Crippen molar-refractivity contribution in [1.29, 1.82) is 0 Å². The SMILES string of the molecule is CC[n+]1cccc2cc(NC(=O)CCc3ccc(C(=O)Nc4ccc5c(ccc[n+]5CC)c4)cc3)ccc21.Cc1ccc(S(=O)(=O)[O-])cc1.Cc1ccc(S(=O)(=O)[O-])cc1. The molecule has 60 heavy (non-hydrogen) atoms. The Bertz CT molecular complexity index is 2760. The van der Waals surface area contributed by atoms with Crippen LogP contribution in [-0.2, 0) is 44.5 Å². The number of carbonyl (C=O) groups is 2. The minimum atomic E-state index is -4.27. The number of aryl methyl sites for hydroxylation is 5. The topological polar surface area (TPSA) is 180 Å². The third kappa shape index (κ3) is 12.6. The van der Waals surface area contributed by atoms with Gasteiger partial charge in [-0.3, -0.25) is 9.59 Å². The van der Waals surface area contributed by atoms with E-state index in [0.29, 0.717) is 18.4 Å². The van der Waals surface area contributed by atoms with Gasteiger partial charge in [0, 0.05) is 58.4 Å². The van der Waals surface area contributed by atoms with E-state index in [1.165, 1.54) is 24.3 Å². The molecule has 310 valence electrons. The molecule has 2 N–H and O–H groups in total. The molecule has 7 rings (SSSR count). The maximum atomic E-state index is 12.8. The molecule has 2 amide bonds. The summed E-state index contributed by atoms with van der Waals surface area (Å²) in [6.45, 7) is 9.64. The Balaban J connectivity index is 0.000000252. The molecule has 0 aliphatic rings. The second-order valence-corrected chi connectivity index (χ2v) is 16.6. The van der Waals surface area contributed by atoms with Crippen LogP contribution in [0.4, 0.5) is 11.4 Å². The van der Waals surface area contributed by atoms with E-state index in [9.17, 15) is 35.5 Å². The third-order valence-electron chi connectivity index (χ3n) is 9.46. The van der Waals surface area contributed by atoms with E-state index in [4.69, 9.17) is 0 Å². The summed E-state index contributed by atoms with van der Waals surface area (Å²) >= 11 is 0. The zero-order valence-corrected chi connectivity index (χ0v) is 35.3. The van der Waals surface area contributed by atoms with Crippen LogP contribution >= 0.6 is 0 Å². The van der Waals surface area contributed by atoms with E-state index < -0.39 is 20.2 Å². The molecule has 0 radical (unpaired) electrons. The van der Waals surface area contributed by atoms with Gasteiger partial charge in [0.15, 0.2) is 12.4 Å². The van der Waals surface area contributed by atoms with Gasteiger partial charge in [0.2, 0.25) is 16.9 Å². The van der Waals surface area contributed by atoms with Crippen molar-refractivity contribution < 1.29 is 44.7 Å². The van der Waals surface area contributed by atoms with Gasteiger partial charge >= 0.3 is 0 Å². The number of pyridine rings is 2. The van der Waals surface area contributed by atoms with Crippen molar-refractivity contribution in [3.8, 4) is 0 Å². The first-order valence-electron chi connectivity index (χ1n) is 19.1. The van der Waals surface area contributed by atoms with Gasteiger partial charge in [0.1, 0.15) is 33.3 Å². The molecule has 0 aliphatic heterocycles. The Morgan fingerprint density at radius 2 is 1.00 bits per heavy atom. The van der Waals surface area contributed by atoms with Crippen LogP contribution in [0.3, 0.4) is 0 Å². The first kappa shape index (κ1) is 44.8. The lowest BCUT2D eigenvalue weighted by molar-refractivity contribution is -0.668. The maximum Gasteiger partial charge on any atom is 0.255 e. The van der Waals surface area contributed by atoms with E-state index in [1.807, 2.05) is 80.6 Å². The second-order valence-electron chi connectivity index (χ2n) is 13.9. The number of fused-ring (bicyclic) bond motifs is 2. The first-order valence-corrected chi connectivity index (χ1v) is 22.0. The normalized spacial score (nSPS) is 11.2. The number of benzene rings is 5. The van der Waals surface area contributed by atoms with E-state index in [1.54, 1.807) is 36.4 Å². The summed E-state index contributed by atoms with van der Waals surface area (Å²) in [5.74, 6) is -0.195. The lowest BCUT2D eigenvalue weighted by atomic mass is 10.1. The molecule has 0 saturated carbocycles. The number of carbonyl (C=O) groups excluding carboxylic acids is 2. The summed E-state index contributed by atoms with van der Waals surface area (Å²) in [6.07, 6.45) is 5.07. The molecule has 0 unspecified atom stereocenters. The number of hydrogen-bond donors (Lipinski definition) is 2. The molecule has 0 atom stereocenters. The fraction of sp³-hybridized carbons (Fsp3) is 0.174. The van der Waals surface area contributed by atoms with Crippen molar-refractivity contribution in [2.75, 3.05) is 10.6 Å². The molecule has 0 spiro atoms. The van der Waals surface area contributed by atoms with E-state index in [2.05, 4.69) is 52.1 Å². The number of anilines is 2.